The maximum Gasteiger partial charge on any atom is 0.146 e. The number of fused-ring (bicyclic) bond motifs is 8. The first-order valence-electron chi connectivity index (χ1n) is 26.2. The van der Waals surface area contributed by atoms with Gasteiger partial charge in [0.15, 0.2) is 0 Å². The maximum atomic E-state index is 7.14. The van der Waals surface area contributed by atoms with Crippen molar-refractivity contribution in [2.75, 3.05) is 56.5 Å². The van der Waals surface area contributed by atoms with E-state index in [0.717, 1.165) is 115 Å². The molecule has 76 heavy (non-hydrogen) atoms. The van der Waals surface area contributed by atoms with Crippen LogP contribution >= 0.6 is 0 Å². The van der Waals surface area contributed by atoms with Crippen LogP contribution in [0.2, 0.25) is 0 Å². The van der Waals surface area contributed by atoms with Crippen LogP contribution in [0.5, 0.6) is 23.0 Å². The molecular weight excluding hydrogens is 953 g/mol. The summed E-state index contributed by atoms with van der Waals surface area (Å²) in [6.07, 6.45) is 13.5. The molecule has 1 aliphatic carbocycles. The largest absolute Gasteiger partial charge is 0.496 e. The minimum absolute atomic E-state index is 0.221. The number of rotatable bonds is 14. The fourth-order valence-electron chi connectivity index (χ4n) is 10.2. The molecule has 0 spiro atoms. The van der Waals surface area contributed by atoms with Crippen molar-refractivity contribution in [1.82, 2.24) is 49.1 Å². The lowest BCUT2D eigenvalue weighted by molar-refractivity contribution is -0.884. The van der Waals surface area contributed by atoms with Crippen molar-refractivity contribution in [2.45, 2.75) is 104 Å². The first-order valence-corrected chi connectivity index (χ1v) is 26.2. The SMILES string of the molecule is COc1c2cc(-n3cc(C[N+](C)(C)C)nn3)cc1Cc1cc(C(C)(C)C)cc(c1OCc1nccn1C)Cc1cc(-n3cc(C[N+](C)(C)C)nn3)cc(c1OC)Cc1cc(C(C)(C)C)cc(c1OCc1nccn1C)C2. The second-order valence-corrected chi connectivity index (χ2v) is 24.7. The number of hydrogen-bond donors (Lipinski definition) is 0. The van der Waals surface area contributed by atoms with Crippen molar-refractivity contribution < 1.29 is 27.9 Å². The van der Waals surface area contributed by atoms with Crippen molar-refractivity contribution in [3.05, 3.63) is 164 Å². The van der Waals surface area contributed by atoms with Gasteiger partial charge in [0.05, 0.1) is 80.3 Å². The number of nitrogens with zero attached hydrogens (tertiary/aromatic N) is 12. The molecule has 0 radical (unpaired) electrons. The van der Waals surface area contributed by atoms with Crippen LogP contribution in [-0.4, -0.2) is 115 Å². The molecule has 0 saturated carbocycles. The Morgan fingerprint density at radius 3 is 1.05 bits per heavy atom. The summed E-state index contributed by atoms with van der Waals surface area (Å²) in [5, 5.41) is 18.9. The Hall–Kier alpha value is -7.30. The van der Waals surface area contributed by atoms with E-state index >= 15 is 0 Å². The van der Waals surface area contributed by atoms with E-state index in [0.29, 0.717) is 34.6 Å². The second kappa shape index (κ2) is 20.7. The van der Waals surface area contributed by atoms with E-state index < -0.39 is 0 Å². The van der Waals surface area contributed by atoms with E-state index in [1.54, 1.807) is 14.2 Å². The van der Waals surface area contributed by atoms with Crippen LogP contribution in [0.1, 0.15) is 120 Å². The molecule has 0 amide bonds. The van der Waals surface area contributed by atoms with Gasteiger partial charge in [-0.1, -0.05) is 76.2 Å². The molecule has 0 aliphatic heterocycles. The van der Waals surface area contributed by atoms with Gasteiger partial charge in [0.25, 0.3) is 0 Å². The third kappa shape index (κ3) is 12.0. The summed E-state index contributed by atoms with van der Waals surface area (Å²) in [7, 11) is 20.5. The van der Waals surface area contributed by atoms with Crippen LogP contribution in [-0.2, 0) is 76.9 Å². The molecule has 0 unspecified atom stereocenters. The minimum atomic E-state index is -0.221. The van der Waals surface area contributed by atoms with Crippen molar-refractivity contribution in [2.24, 2.45) is 14.1 Å². The highest BCUT2D eigenvalue weighted by molar-refractivity contribution is 5.61. The molecule has 400 valence electrons. The zero-order valence-corrected chi connectivity index (χ0v) is 47.7. The number of imidazole rings is 2. The Balaban J connectivity index is 1.36. The van der Waals surface area contributed by atoms with Gasteiger partial charge < -0.3 is 37.0 Å². The zero-order valence-electron chi connectivity index (χ0n) is 47.7. The Morgan fingerprint density at radius 1 is 0.474 bits per heavy atom. The van der Waals surface area contributed by atoms with E-state index in [1.165, 1.54) is 11.1 Å². The molecule has 0 saturated heterocycles. The molecular formula is C60H78N12O4+2. The Morgan fingerprint density at radius 2 is 0.789 bits per heavy atom. The fraction of sp³-hybridized carbons (Fsp3) is 0.433. The monoisotopic (exact) mass is 1030 g/mol. The van der Waals surface area contributed by atoms with Gasteiger partial charge in [0.1, 0.15) is 72.3 Å². The highest BCUT2D eigenvalue weighted by atomic mass is 16.5. The molecule has 4 aromatic heterocycles. The van der Waals surface area contributed by atoms with Crippen LogP contribution in [0, 0.1) is 0 Å². The lowest BCUT2D eigenvalue weighted by Gasteiger charge is -2.27. The lowest BCUT2D eigenvalue weighted by Crippen LogP contribution is -2.33. The van der Waals surface area contributed by atoms with Crippen LogP contribution < -0.4 is 18.9 Å². The molecule has 8 bridgehead atoms. The first-order chi connectivity index (χ1) is 35.8. The standard InChI is InChI=1S/C60H78N12O4/c1-59(2,3)47-25-39-21-43-29-51(69-33-49(63-65-69)35-71(9,10)11)31-45(55(43)73-15)23-41-27-48(60(4,5)6)28-42(58(41)76-38-54-62-18-20-68(54)8)24-46-32-52(70-34-50(64-66-70)36-72(12,13)14)30-44(56(46)74-16)22-40(26-47)57(39)75-37-53-61-17-19-67(53)7/h17-20,25-34H,21-24,35-38H2,1-16H3/q+2. The molecule has 1 aliphatic rings. The molecule has 4 heterocycles. The molecule has 0 fully saturated rings. The van der Waals surface area contributed by atoms with E-state index in [-0.39, 0.29) is 24.0 Å². The number of quaternary nitrogens is 2. The lowest BCUT2D eigenvalue weighted by atomic mass is 9.81. The maximum absolute atomic E-state index is 7.14. The topological polar surface area (TPSA) is 134 Å². The van der Waals surface area contributed by atoms with Crippen LogP contribution in [0.15, 0.2) is 85.7 Å². The summed E-state index contributed by atoms with van der Waals surface area (Å²) in [4.78, 5) is 9.38. The third-order valence-electron chi connectivity index (χ3n) is 14.0. The molecule has 4 aromatic carbocycles. The first kappa shape index (κ1) is 53.5. The summed E-state index contributed by atoms with van der Waals surface area (Å²) in [6, 6.07) is 18.0. The Bertz CT molecular complexity index is 3060. The van der Waals surface area contributed by atoms with Crippen molar-refractivity contribution in [1.29, 1.82) is 0 Å². The third-order valence-corrected chi connectivity index (χ3v) is 14.0. The summed E-state index contributed by atoms with van der Waals surface area (Å²) in [5.74, 6) is 4.76. The predicted molar refractivity (Wildman–Crippen MR) is 296 cm³/mol. The minimum Gasteiger partial charge on any atom is -0.496 e. The average Bonchev–Trinajstić information content (AvgIpc) is 4.16. The number of hydrogen-bond acceptors (Lipinski definition) is 10. The normalized spacial score (nSPS) is 13.3. The quantitative estimate of drug-likeness (QED) is 0.0972. The average molecular weight is 1030 g/mol. The summed E-state index contributed by atoms with van der Waals surface area (Å²) < 4.78 is 36.8. The summed E-state index contributed by atoms with van der Waals surface area (Å²) in [5.41, 5.74) is 13.4. The molecule has 9 rings (SSSR count). The highest BCUT2D eigenvalue weighted by Gasteiger charge is 2.29. The van der Waals surface area contributed by atoms with Crippen molar-refractivity contribution in [3.8, 4) is 34.4 Å². The number of methoxy groups -OCH3 is 2. The van der Waals surface area contributed by atoms with Crippen molar-refractivity contribution >= 4 is 0 Å². The Kier molecular flexibility index (Phi) is 14.6. The van der Waals surface area contributed by atoms with Crippen LogP contribution in [0.4, 0.5) is 0 Å². The molecule has 16 heteroatoms. The fourth-order valence-corrected chi connectivity index (χ4v) is 10.2. The molecule has 16 nitrogen and oxygen atoms in total. The highest BCUT2D eigenvalue weighted by Crippen LogP contribution is 2.43. The van der Waals surface area contributed by atoms with E-state index in [1.807, 2.05) is 69.8 Å². The van der Waals surface area contributed by atoms with Gasteiger partial charge in [-0.15, -0.1) is 10.2 Å². The van der Waals surface area contributed by atoms with E-state index in [4.69, 9.17) is 39.3 Å². The van der Waals surface area contributed by atoms with Gasteiger partial charge in [-0.25, -0.2) is 19.3 Å². The van der Waals surface area contributed by atoms with Gasteiger partial charge in [-0.2, -0.15) is 0 Å². The van der Waals surface area contributed by atoms with E-state index in [9.17, 15) is 0 Å². The van der Waals surface area contributed by atoms with Gasteiger partial charge in [0.2, 0.25) is 0 Å². The number of aromatic nitrogens is 10. The summed E-state index contributed by atoms with van der Waals surface area (Å²) >= 11 is 0. The van der Waals surface area contributed by atoms with Gasteiger partial charge in [0, 0.05) is 86.8 Å². The van der Waals surface area contributed by atoms with Crippen molar-refractivity contribution in [3.63, 3.8) is 0 Å². The number of ether oxygens (including phenoxy) is 4. The number of aryl methyl sites for hydroxylation is 2. The number of benzene rings is 4. The van der Waals surface area contributed by atoms with E-state index in [2.05, 4.69) is 143 Å². The van der Waals surface area contributed by atoms with Gasteiger partial charge in [-0.05, 0) is 68.5 Å². The van der Waals surface area contributed by atoms with Crippen LogP contribution in [0.25, 0.3) is 11.4 Å². The van der Waals surface area contributed by atoms with Gasteiger partial charge >= 0.3 is 0 Å². The Labute approximate surface area is 449 Å². The molecule has 0 N–H and O–H groups in total. The van der Waals surface area contributed by atoms with Gasteiger partial charge in [-0.3, -0.25) is 0 Å². The second-order valence-electron chi connectivity index (χ2n) is 24.7. The molecule has 8 aromatic rings. The smallest absolute Gasteiger partial charge is 0.146 e. The predicted octanol–water partition coefficient (Wildman–Crippen LogP) is 9.17. The summed E-state index contributed by atoms with van der Waals surface area (Å²) in [6.45, 7) is 15.5. The molecule has 0 atom stereocenters. The van der Waals surface area contributed by atoms with Crippen LogP contribution in [0.3, 0.4) is 0 Å². The zero-order chi connectivity index (χ0) is 54.5.